The Balaban J connectivity index is 2.07. The maximum absolute atomic E-state index is 11.7. The Morgan fingerprint density at radius 1 is 1.06 bits per heavy atom. The molecule has 0 radical (unpaired) electrons. The number of carbonyl (C=O) groups excluding carboxylic acids is 1. The number of carbonyl (C=O) groups is 1. The van der Waals surface area contributed by atoms with E-state index in [2.05, 4.69) is 36.4 Å². The minimum absolute atomic E-state index is 0.302. The molecular formula is C17H14O. The van der Waals surface area contributed by atoms with E-state index in [9.17, 15) is 4.79 Å². The molecule has 0 aromatic heterocycles. The molecule has 88 valence electrons. The number of aryl methyl sites for hydroxylation is 1. The van der Waals surface area contributed by atoms with Crippen LogP contribution >= 0.6 is 0 Å². The number of benzene rings is 2. The van der Waals surface area contributed by atoms with Gasteiger partial charge in [0, 0.05) is 6.42 Å². The van der Waals surface area contributed by atoms with Crippen molar-refractivity contribution in [3.8, 4) is 0 Å². The fourth-order valence-electron chi connectivity index (χ4n) is 3.43. The van der Waals surface area contributed by atoms with E-state index in [1.54, 1.807) is 0 Å². The van der Waals surface area contributed by atoms with Gasteiger partial charge in [-0.1, -0.05) is 36.4 Å². The second-order valence-corrected chi connectivity index (χ2v) is 5.33. The summed E-state index contributed by atoms with van der Waals surface area (Å²) in [5.41, 5.74) is 4.04. The highest BCUT2D eigenvalue weighted by molar-refractivity contribution is 6.07. The number of allylic oxidation sites excluding steroid dienone is 2. The molecule has 0 bridgehead atoms. The largest absolute Gasteiger partial charge is 0.295 e. The van der Waals surface area contributed by atoms with Crippen LogP contribution in [-0.2, 0) is 11.2 Å². The Morgan fingerprint density at radius 2 is 1.94 bits per heavy atom. The fraction of sp³-hybridized carbons (Fsp3) is 0.235. The van der Waals surface area contributed by atoms with Gasteiger partial charge in [-0.3, -0.25) is 4.79 Å². The Labute approximate surface area is 106 Å². The van der Waals surface area contributed by atoms with Crippen LogP contribution in [-0.4, -0.2) is 5.78 Å². The number of hydrogen-bond donors (Lipinski definition) is 0. The lowest BCUT2D eigenvalue weighted by Crippen LogP contribution is -2.11. The van der Waals surface area contributed by atoms with E-state index in [4.69, 9.17) is 0 Å². The first-order valence-corrected chi connectivity index (χ1v) is 6.58. The van der Waals surface area contributed by atoms with Crippen LogP contribution in [0.4, 0.5) is 0 Å². The molecule has 2 aliphatic carbocycles. The molecule has 0 N–H and O–H groups in total. The fourth-order valence-corrected chi connectivity index (χ4v) is 3.43. The maximum Gasteiger partial charge on any atom is 0.156 e. The van der Waals surface area contributed by atoms with Gasteiger partial charge < -0.3 is 0 Å². The third-order valence-corrected chi connectivity index (χ3v) is 4.27. The number of fused-ring (bicyclic) bond motifs is 5. The van der Waals surface area contributed by atoms with Gasteiger partial charge in [-0.2, -0.15) is 0 Å². The molecule has 2 aromatic carbocycles. The summed E-state index contributed by atoms with van der Waals surface area (Å²) in [7, 11) is 0. The standard InChI is InChI=1S/C17H14O/c18-14-9-13-8-7-12-6-5-11-3-1-2-4-15(11)17(12)16(13)10-14/h1-6,10,13H,7-9H2. The van der Waals surface area contributed by atoms with Gasteiger partial charge in [-0.15, -0.1) is 0 Å². The third-order valence-electron chi connectivity index (χ3n) is 4.27. The zero-order chi connectivity index (χ0) is 12.1. The molecule has 1 atom stereocenters. The lowest BCUT2D eigenvalue weighted by Gasteiger charge is -2.25. The Hall–Kier alpha value is -1.89. The van der Waals surface area contributed by atoms with Crippen molar-refractivity contribution in [1.29, 1.82) is 0 Å². The van der Waals surface area contributed by atoms with E-state index in [1.807, 2.05) is 6.08 Å². The van der Waals surface area contributed by atoms with E-state index in [0.29, 0.717) is 11.7 Å². The zero-order valence-electron chi connectivity index (χ0n) is 10.1. The minimum atomic E-state index is 0.302. The average Bonchev–Trinajstić information content (AvgIpc) is 2.78. The normalized spacial score (nSPS) is 21.7. The van der Waals surface area contributed by atoms with Crippen molar-refractivity contribution in [2.24, 2.45) is 5.92 Å². The van der Waals surface area contributed by atoms with Crippen LogP contribution in [0.1, 0.15) is 24.0 Å². The average molecular weight is 234 g/mol. The van der Waals surface area contributed by atoms with Crippen molar-refractivity contribution in [2.45, 2.75) is 19.3 Å². The van der Waals surface area contributed by atoms with Crippen molar-refractivity contribution >= 4 is 22.1 Å². The van der Waals surface area contributed by atoms with E-state index in [1.165, 1.54) is 27.5 Å². The zero-order valence-corrected chi connectivity index (χ0v) is 10.1. The van der Waals surface area contributed by atoms with E-state index in [-0.39, 0.29) is 0 Å². The Morgan fingerprint density at radius 3 is 2.89 bits per heavy atom. The molecule has 0 fully saturated rings. The predicted octanol–water partition coefficient (Wildman–Crippen LogP) is 3.76. The summed E-state index contributed by atoms with van der Waals surface area (Å²) >= 11 is 0. The molecule has 0 aliphatic heterocycles. The predicted molar refractivity (Wildman–Crippen MR) is 73.4 cm³/mol. The summed E-state index contributed by atoms with van der Waals surface area (Å²) in [6, 6.07) is 12.9. The first-order chi connectivity index (χ1) is 8.83. The van der Waals surface area contributed by atoms with Crippen LogP contribution in [0.5, 0.6) is 0 Å². The van der Waals surface area contributed by atoms with Crippen molar-refractivity contribution < 1.29 is 4.79 Å². The van der Waals surface area contributed by atoms with Gasteiger partial charge in [0.05, 0.1) is 0 Å². The molecule has 1 unspecified atom stereocenters. The van der Waals surface area contributed by atoms with Crippen molar-refractivity contribution in [2.75, 3.05) is 0 Å². The maximum atomic E-state index is 11.7. The van der Waals surface area contributed by atoms with Crippen LogP contribution in [0.25, 0.3) is 16.3 Å². The van der Waals surface area contributed by atoms with Crippen LogP contribution in [0.15, 0.2) is 42.5 Å². The summed E-state index contributed by atoms with van der Waals surface area (Å²) in [6.07, 6.45) is 4.84. The van der Waals surface area contributed by atoms with Crippen LogP contribution in [0, 0.1) is 5.92 Å². The smallest absolute Gasteiger partial charge is 0.156 e. The van der Waals surface area contributed by atoms with Crippen LogP contribution in [0.3, 0.4) is 0 Å². The number of hydrogen-bond acceptors (Lipinski definition) is 1. The molecule has 0 saturated carbocycles. The van der Waals surface area contributed by atoms with Crippen LogP contribution < -0.4 is 0 Å². The van der Waals surface area contributed by atoms with Gasteiger partial charge in [0.15, 0.2) is 5.78 Å². The lowest BCUT2D eigenvalue weighted by molar-refractivity contribution is -0.114. The van der Waals surface area contributed by atoms with E-state index in [0.717, 1.165) is 19.3 Å². The molecule has 1 heteroatoms. The van der Waals surface area contributed by atoms with Crippen molar-refractivity contribution in [1.82, 2.24) is 0 Å². The molecular weight excluding hydrogens is 220 g/mol. The molecule has 0 spiro atoms. The SMILES string of the molecule is O=C1C=C2c3c(ccc4ccccc34)CCC2C1. The monoisotopic (exact) mass is 234 g/mol. The molecule has 0 heterocycles. The topological polar surface area (TPSA) is 17.1 Å². The Bertz CT molecular complexity index is 694. The third kappa shape index (κ3) is 1.30. The second kappa shape index (κ2) is 3.55. The van der Waals surface area contributed by atoms with Gasteiger partial charge in [-0.05, 0) is 52.3 Å². The summed E-state index contributed by atoms with van der Waals surface area (Å²) in [5, 5.41) is 2.58. The Kier molecular flexibility index (Phi) is 1.99. The molecule has 4 rings (SSSR count). The van der Waals surface area contributed by atoms with Gasteiger partial charge in [0.1, 0.15) is 0 Å². The first kappa shape index (κ1) is 10.1. The molecule has 1 nitrogen and oxygen atoms in total. The van der Waals surface area contributed by atoms with Crippen molar-refractivity contribution in [3.05, 3.63) is 53.6 Å². The summed E-state index contributed by atoms with van der Waals surface area (Å²) in [4.78, 5) is 11.7. The molecule has 0 amide bonds. The van der Waals surface area contributed by atoms with E-state index >= 15 is 0 Å². The van der Waals surface area contributed by atoms with E-state index < -0.39 is 0 Å². The van der Waals surface area contributed by atoms with Gasteiger partial charge in [0.2, 0.25) is 0 Å². The first-order valence-electron chi connectivity index (χ1n) is 6.58. The summed E-state index contributed by atoms with van der Waals surface area (Å²) in [6.45, 7) is 0. The molecule has 2 aromatic rings. The minimum Gasteiger partial charge on any atom is -0.295 e. The lowest BCUT2D eigenvalue weighted by atomic mass is 9.79. The quantitative estimate of drug-likeness (QED) is 0.678. The van der Waals surface area contributed by atoms with Gasteiger partial charge in [-0.25, -0.2) is 0 Å². The summed E-state index contributed by atoms with van der Waals surface area (Å²) in [5.74, 6) is 0.770. The highest BCUT2D eigenvalue weighted by Gasteiger charge is 2.31. The second-order valence-electron chi connectivity index (χ2n) is 5.33. The molecule has 2 aliphatic rings. The van der Waals surface area contributed by atoms with Crippen LogP contribution in [0.2, 0.25) is 0 Å². The highest BCUT2D eigenvalue weighted by atomic mass is 16.1. The highest BCUT2D eigenvalue weighted by Crippen LogP contribution is 2.44. The number of ketones is 1. The number of rotatable bonds is 0. The summed E-state index contributed by atoms with van der Waals surface area (Å²) < 4.78 is 0. The van der Waals surface area contributed by atoms with Gasteiger partial charge >= 0.3 is 0 Å². The molecule has 18 heavy (non-hydrogen) atoms. The van der Waals surface area contributed by atoms with Crippen molar-refractivity contribution in [3.63, 3.8) is 0 Å². The molecule has 0 saturated heterocycles. The van der Waals surface area contributed by atoms with Gasteiger partial charge in [0.25, 0.3) is 0 Å².